The molecule has 1 aromatic heterocycles. The molecule has 34 heavy (non-hydrogen) atoms. The zero-order valence-corrected chi connectivity index (χ0v) is 21.0. The number of hydrogen-bond acceptors (Lipinski definition) is 5. The monoisotopic (exact) mass is 501 g/mol. The predicted octanol–water partition coefficient (Wildman–Crippen LogP) is 6.72. The molecule has 1 amide bonds. The molecule has 1 N–H and O–H groups in total. The first kappa shape index (κ1) is 24.6. The van der Waals surface area contributed by atoms with Crippen LogP contribution in [0.2, 0.25) is 10.0 Å². The van der Waals surface area contributed by atoms with Gasteiger partial charge in [-0.3, -0.25) is 4.79 Å². The first-order valence-corrected chi connectivity index (χ1v) is 12.4. The minimum Gasteiger partial charge on any atom is -0.381 e. The van der Waals surface area contributed by atoms with Crippen molar-refractivity contribution < 1.29 is 14.1 Å². The molecule has 0 unspecified atom stereocenters. The summed E-state index contributed by atoms with van der Waals surface area (Å²) < 4.78 is 11.2. The SMILES string of the molecule is CCN(CC)c1ccc(NC(=O)c2c(-c3c(Cl)cccc3Cl)noc2CC2CCOCC2)cc1. The molecule has 4 rings (SSSR count). The molecular formula is C26H29Cl2N3O3. The summed E-state index contributed by atoms with van der Waals surface area (Å²) in [5.74, 6) is 0.594. The zero-order chi connectivity index (χ0) is 24.1. The minimum atomic E-state index is -0.301. The lowest BCUT2D eigenvalue weighted by Crippen LogP contribution is -2.22. The largest absolute Gasteiger partial charge is 0.381 e. The van der Waals surface area contributed by atoms with E-state index in [1.54, 1.807) is 18.2 Å². The molecule has 8 heteroatoms. The molecule has 2 heterocycles. The van der Waals surface area contributed by atoms with Crippen LogP contribution in [-0.4, -0.2) is 37.4 Å². The number of anilines is 2. The Morgan fingerprint density at radius 3 is 2.32 bits per heavy atom. The maximum Gasteiger partial charge on any atom is 0.261 e. The van der Waals surface area contributed by atoms with E-state index in [1.165, 1.54) is 0 Å². The number of nitrogens with one attached hydrogen (secondary N) is 1. The van der Waals surface area contributed by atoms with Crippen LogP contribution in [0.25, 0.3) is 11.3 Å². The van der Waals surface area contributed by atoms with Gasteiger partial charge < -0.3 is 19.5 Å². The van der Waals surface area contributed by atoms with Crippen LogP contribution in [0.1, 0.15) is 42.8 Å². The van der Waals surface area contributed by atoms with Crippen LogP contribution in [0.15, 0.2) is 47.0 Å². The average molecular weight is 502 g/mol. The van der Waals surface area contributed by atoms with Crippen molar-refractivity contribution in [1.82, 2.24) is 5.16 Å². The molecular weight excluding hydrogens is 473 g/mol. The summed E-state index contributed by atoms with van der Waals surface area (Å²) in [5.41, 5.74) is 3.02. The number of ether oxygens (including phenoxy) is 1. The molecule has 1 saturated heterocycles. The van der Waals surface area contributed by atoms with E-state index >= 15 is 0 Å². The third-order valence-electron chi connectivity index (χ3n) is 6.26. The van der Waals surface area contributed by atoms with Crippen molar-refractivity contribution >= 4 is 40.5 Å². The Hall–Kier alpha value is -2.54. The number of carbonyl (C=O) groups is 1. The van der Waals surface area contributed by atoms with E-state index < -0.39 is 0 Å². The third kappa shape index (κ3) is 5.40. The molecule has 2 aromatic carbocycles. The summed E-state index contributed by atoms with van der Waals surface area (Å²) in [5, 5.41) is 8.08. The lowest BCUT2D eigenvalue weighted by molar-refractivity contribution is 0.0645. The number of aromatic nitrogens is 1. The molecule has 1 aliphatic rings. The van der Waals surface area contributed by atoms with Crippen molar-refractivity contribution in [1.29, 1.82) is 0 Å². The standard InChI is InChI=1S/C26H29Cl2N3O3/c1-3-31(4-2)19-10-8-18(9-11-19)29-26(32)24-22(16-17-12-14-33-15-13-17)34-30-25(24)23-20(27)6-5-7-21(23)28/h5-11,17H,3-4,12-16H2,1-2H3,(H,29,32). The van der Waals surface area contributed by atoms with Crippen LogP contribution in [0, 0.1) is 5.92 Å². The highest BCUT2D eigenvalue weighted by Gasteiger charge is 2.29. The van der Waals surface area contributed by atoms with Crippen molar-refractivity contribution in [2.24, 2.45) is 5.92 Å². The van der Waals surface area contributed by atoms with Crippen LogP contribution in [-0.2, 0) is 11.2 Å². The average Bonchev–Trinajstić information content (AvgIpc) is 3.24. The van der Waals surface area contributed by atoms with E-state index in [0.717, 1.165) is 31.6 Å². The fourth-order valence-corrected chi connectivity index (χ4v) is 4.92. The first-order chi connectivity index (χ1) is 16.5. The van der Waals surface area contributed by atoms with Crippen LogP contribution in [0.5, 0.6) is 0 Å². The van der Waals surface area contributed by atoms with Gasteiger partial charge >= 0.3 is 0 Å². The van der Waals surface area contributed by atoms with Gasteiger partial charge in [-0.05, 0) is 69.0 Å². The van der Waals surface area contributed by atoms with E-state index in [4.69, 9.17) is 32.5 Å². The van der Waals surface area contributed by atoms with E-state index in [0.29, 0.717) is 63.9 Å². The van der Waals surface area contributed by atoms with Crippen molar-refractivity contribution in [3.63, 3.8) is 0 Å². The molecule has 0 aliphatic carbocycles. The number of carbonyl (C=O) groups excluding carboxylic acids is 1. The number of hydrogen-bond donors (Lipinski definition) is 1. The topological polar surface area (TPSA) is 67.6 Å². The number of benzene rings is 2. The molecule has 3 aromatic rings. The minimum absolute atomic E-state index is 0.301. The molecule has 0 bridgehead atoms. The van der Waals surface area contributed by atoms with Gasteiger partial charge in [0, 0.05) is 49.7 Å². The van der Waals surface area contributed by atoms with Crippen molar-refractivity contribution in [3.05, 3.63) is 63.8 Å². The zero-order valence-electron chi connectivity index (χ0n) is 19.4. The van der Waals surface area contributed by atoms with Gasteiger partial charge in [-0.15, -0.1) is 0 Å². The fraction of sp³-hybridized carbons (Fsp3) is 0.385. The van der Waals surface area contributed by atoms with E-state index in [1.807, 2.05) is 24.3 Å². The van der Waals surface area contributed by atoms with Gasteiger partial charge in [-0.1, -0.05) is 34.4 Å². The van der Waals surface area contributed by atoms with Gasteiger partial charge in [0.25, 0.3) is 5.91 Å². The Morgan fingerprint density at radius 1 is 1.06 bits per heavy atom. The summed E-state index contributed by atoms with van der Waals surface area (Å²) in [7, 11) is 0. The number of nitrogens with zero attached hydrogens (tertiary/aromatic N) is 2. The summed E-state index contributed by atoms with van der Waals surface area (Å²) >= 11 is 12.9. The summed E-state index contributed by atoms with van der Waals surface area (Å²) in [6.07, 6.45) is 2.43. The Morgan fingerprint density at radius 2 is 1.71 bits per heavy atom. The predicted molar refractivity (Wildman–Crippen MR) is 137 cm³/mol. The van der Waals surface area contributed by atoms with Gasteiger partial charge in [0.15, 0.2) is 0 Å². The maximum absolute atomic E-state index is 13.6. The maximum atomic E-state index is 13.6. The normalized spacial score (nSPS) is 14.2. The van der Waals surface area contributed by atoms with Crippen LogP contribution in [0.3, 0.4) is 0 Å². The van der Waals surface area contributed by atoms with Crippen molar-refractivity contribution in [3.8, 4) is 11.3 Å². The smallest absolute Gasteiger partial charge is 0.261 e. The molecule has 180 valence electrons. The molecule has 0 saturated carbocycles. The van der Waals surface area contributed by atoms with E-state index in [2.05, 4.69) is 29.2 Å². The molecule has 0 radical (unpaired) electrons. The summed E-state index contributed by atoms with van der Waals surface area (Å²) in [6, 6.07) is 13.0. The highest BCUT2D eigenvalue weighted by molar-refractivity contribution is 6.39. The van der Waals surface area contributed by atoms with E-state index in [-0.39, 0.29) is 5.91 Å². The number of halogens is 2. The second-order valence-corrected chi connectivity index (χ2v) is 9.17. The highest BCUT2D eigenvalue weighted by Crippen LogP contribution is 2.38. The molecule has 0 atom stereocenters. The third-order valence-corrected chi connectivity index (χ3v) is 6.89. The van der Waals surface area contributed by atoms with Gasteiger partial charge in [0.05, 0.1) is 10.0 Å². The van der Waals surface area contributed by atoms with E-state index in [9.17, 15) is 4.79 Å². The van der Waals surface area contributed by atoms with Gasteiger partial charge in [0.1, 0.15) is 17.0 Å². The highest BCUT2D eigenvalue weighted by atomic mass is 35.5. The molecule has 1 aliphatic heterocycles. The van der Waals surface area contributed by atoms with Crippen molar-refractivity contribution in [2.75, 3.05) is 36.5 Å². The fourth-order valence-electron chi connectivity index (χ4n) is 4.34. The second kappa shape index (κ2) is 11.3. The summed E-state index contributed by atoms with van der Waals surface area (Å²) in [4.78, 5) is 15.8. The van der Waals surface area contributed by atoms with Crippen LogP contribution in [0.4, 0.5) is 11.4 Å². The molecule has 6 nitrogen and oxygen atoms in total. The van der Waals surface area contributed by atoms with Gasteiger partial charge in [-0.25, -0.2) is 0 Å². The van der Waals surface area contributed by atoms with Crippen LogP contribution < -0.4 is 10.2 Å². The lowest BCUT2D eigenvalue weighted by Gasteiger charge is -2.21. The molecule has 1 fully saturated rings. The quantitative estimate of drug-likeness (QED) is 0.371. The Labute approximate surface area is 210 Å². The van der Waals surface area contributed by atoms with Gasteiger partial charge in [0.2, 0.25) is 0 Å². The summed E-state index contributed by atoms with van der Waals surface area (Å²) in [6.45, 7) is 7.49. The van der Waals surface area contributed by atoms with Gasteiger partial charge in [-0.2, -0.15) is 0 Å². The first-order valence-electron chi connectivity index (χ1n) is 11.7. The second-order valence-electron chi connectivity index (χ2n) is 8.36. The lowest BCUT2D eigenvalue weighted by atomic mass is 9.92. The molecule has 0 spiro atoms. The van der Waals surface area contributed by atoms with Crippen LogP contribution >= 0.6 is 23.2 Å². The number of rotatable bonds is 8. The van der Waals surface area contributed by atoms with Crippen molar-refractivity contribution in [2.45, 2.75) is 33.1 Å². The Balaban J connectivity index is 1.66. The Kier molecular flexibility index (Phi) is 8.14. The number of amides is 1. The Bertz CT molecular complexity index is 1100.